The van der Waals surface area contributed by atoms with E-state index in [-0.39, 0.29) is 35.1 Å². The van der Waals surface area contributed by atoms with Crippen LogP contribution < -0.4 is 10.6 Å². The van der Waals surface area contributed by atoms with Crippen LogP contribution in [0, 0.1) is 5.41 Å². The van der Waals surface area contributed by atoms with E-state index in [1.807, 2.05) is 13.0 Å². The van der Waals surface area contributed by atoms with Gasteiger partial charge < -0.3 is 15.4 Å². The van der Waals surface area contributed by atoms with Crippen molar-refractivity contribution in [3.8, 4) is 0 Å². The number of hydrogen-bond acceptors (Lipinski definition) is 4. The summed E-state index contributed by atoms with van der Waals surface area (Å²) in [4.78, 5) is 5.05. The minimum Gasteiger partial charge on any atom is -0.385 e. The normalized spacial score (nSPS) is 16.1. The quantitative estimate of drug-likeness (QED) is 0.288. The summed E-state index contributed by atoms with van der Waals surface area (Å²) in [6.45, 7) is 4.57. The van der Waals surface area contributed by atoms with Gasteiger partial charge in [-0.1, -0.05) is 24.6 Å². The van der Waals surface area contributed by atoms with E-state index in [2.05, 4.69) is 10.6 Å². The molecule has 1 aromatic carbocycles. The summed E-state index contributed by atoms with van der Waals surface area (Å²) in [6, 6.07) is 8.55. The van der Waals surface area contributed by atoms with Crippen LogP contribution >= 0.6 is 24.0 Å². The van der Waals surface area contributed by atoms with Crippen molar-refractivity contribution < 1.29 is 13.2 Å². The number of benzene rings is 1. The fourth-order valence-corrected chi connectivity index (χ4v) is 4.30. The molecule has 0 radical (unpaired) electrons. The van der Waals surface area contributed by atoms with Gasteiger partial charge in [0, 0.05) is 33.4 Å². The molecule has 0 heterocycles. The highest BCUT2D eigenvalue weighted by Crippen LogP contribution is 2.44. The number of nitrogens with one attached hydrogen (secondary N) is 2. The lowest BCUT2D eigenvalue weighted by Crippen LogP contribution is -2.41. The molecule has 2 rings (SSSR count). The number of halogens is 1. The molecule has 0 saturated heterocycles. The summed E-state index contributed by atoms with van der Waals surface area (Å²) in [5, 5.41) is 6.35. The number of guanidine groups is 1. The minimum absolute atomic E-state index is 0. The molecule has 0 atom stereocenters. The van der Waals surface area contributed by atoms with Crippen molar-refractivity contribution in [1.82, 2.24) is 10.6 Å². The van der Waals surface area contributed by atoms with Crippen molar-refractivity contribution in [1.29, 1.82) is 0 Å². The van der Waals surface area contributed by atoms with Crippen LogP contribution in [-0.4, -0.2) is 53.5 Å². The van der Waals surface area contributed by atoms with E-state index in [4.69, 9.17) is 9.73 Å². The first-order valence-corrected chi connectivity index (χ1v) is 11.0. The second-order valence-corrected chi connectivity index (χ2v) is 8.96. The SMILES string of the molecule is CCNC(=NCC1(CCOC)CCC1)NCCS(=O)(=O)c1ccccc1.I. The Morgan fingerprint density at radius 3 is 2.48 bits per heavy atom. The molecule has 0 aromatic heterocycles. The lowest BCUT2D eigenvalue weighted by molar-refractivity contribution is 0.0778. The van der Waals surface area contributed by atoms with E-state index >= 15 is 0 Å². The summed E-state index contributed by atoms with van der Waals surface area (Å²) in [5.41, 5.74) is 0.245. The van der Waals surface area contributed by atoms with Crippen LogP contribution in [-0.2, 0) is 14.6 Å². The van der Waals surface area contributed by atoms with Crippen molar-refractivity contribution in [2.75, 3.05) is 39.1 Å². The molecule has 1 aromatic rings. The number of hydrogen-bond donors (Lipinski definition) is 2. The van der Waals surface area contributed by atoms with Crippen molar-refractivity contribution in [3.63, 3.8) is 0 Å². The molecule has 1 aliphatic rings. The maximum Gasteiger partial charge on any atom is 0.191 e. The van der Waals surface area contributed by atoms with E-state index in [1.165, 1.54) is 19.3 Å². The molecule has 1 fully saturated rings. The fourth-order valence-electron chi connectivity index (χ4n) is 3.12. The van der Waals surface area contributed by atoms with Gasteiger partial charge in [0.05, 0.1) is 10.6 Å². The van der Waals surface area contributed by atoms with Gasteiger partial charge in [0.2, 0.25) is 0 Å². The molecule has 0 spiro atoms. The maximum absolute atomic E-state index is 12.3. The van der Waals surface area contributed by atoms with E-state index in [0.29, 0.717) is 17.4 Å². The molecular weight excluding hydrogens is 477 g/mol. The standard InChI is InChI=1S/C19H31N3O3S.HI/c1-3-20-18(22-16-19(10-7-11-19)12-14-25-2)21-13-15-26(23,24)17-8-5-4-6-9-17;/h4-6,8-9H,3,7,10-16H2,1-2H3,(H2,20,21,22);1H. The van der Waals surface area contributed by atoms with Gasteiger partial charge in [0.1, 0.15) is 0 Å². The molecule has 0 unspecified atom stereocenters. The first-order chi connectivity index (χ1) is 12.5. The van der Waals surface area contributed by atoms with Gasteiger partial charge in [-0.2, -0.15) is 0 Å². The number of ether oxygens (including phenoxy) is 1. The van der Waals surface area contributed by atoms with Crippen LogP contribution in [0.5, 0.6) is 0 Å². The van der Waals surface area contributed by atoms with Crippen LogP contribution in [0.4, 0.5) is 0 Å². The van der Waals surface area contributed by atoms with E-state index in [0.717, 1.165) is 26.1 Å². The molecular formula is C19H32IN3O3S. The third-order valence-electron chi connectivity index (χ3n) is 4.93. The number of methoxy groups -OCH3 is 1. The molecule has 1 saturated carbocycles. The molecule has 0 bridgehead atoms. The summed E-state index contributed by atoms with van der Waals surface area (Å²) in [7, 11) is -1.55. The lowest BCUT2D eigenvalue weighted by atomic mass is 9.67. The highest BCUT2D eigenvalue weighted by molar-refractivity contribution is 14.0. The molecule has 8 heteroatoms. The summed E-state index contributed by atoms with van der Waals surface area (Å²) < 4.78 is 29.9. The van der Waals surface area contributed by atoms with Crippen LogP contribution in [0.15, 0.2) is 40.2 Å². The summed E-state index contributed by atoms with van der Waals surface area (Å²) in [5.74, 6) is 0.718. The van der Waals surface area contributed by atoms with Crippen molar-refractivity contribution in [2.45, 2.75) is 37.5 Å². The average Bonchev–Trinajstić information content (AvgIpc) is 2.61. The first kappa shape index (κ1) is 24.2. The predicted octanol–water partition coefficient (Wildman–Crippen LogP) is 2.84. The number of rotatable bonds is 10. The van der Waals surface area contributed by atoms with Gasteiger partial charge in [0.25, 0.3) is 0 Å². The second-order valence-electron chi connectivity index (χ2n) is 6.85. The number of aliphatic imine (C=N–C) groups is 1. The van der Waals surface area contributed by atoms with E-state index in [1.54, 1.807) is 31.4 Å². The molecule has 6 nitrogen and oxygen atoms in total. The van der Waals surface area contributed by atoms with Gasteiger partial charge in [-0.25, -0.2) is 8.42 Å². The zero-order valence-corrected chi connectivity index (χ0v) is 19.4. The molecule has 1 aliphatic carbocycles. The Kier molecular flexibility index (Phi) is 10.6. The number of nitrogens with zero attached hydrogens (tertiary/aromatic N) is 1. The Morgan fingerprint density at radius 1 is 1.22 bits per heavy atom. The molecule has 0 aliphatic heterocycles. The van der Waals surface area contributed by atoms with Gasteiger partial charge in [0.15, 0.2) is 15.8 Å². The minimum atomic E-state index is -3.28. The average molecular weight is 509 g/mol. The summed E-state index contributed by atoms with van der Waals surface area (Å²) >= 11 is 0. The second kappa shape index (κ2) is 11.9. The van der Waals surface area contributed by atoms with Crippen LogP contribution in [0.3, 0.4) is 0 Å². The zero-order valence-electron chi connectivity index (χ0n) is 16.2. The molecule has 0 amide bonds. The molecule has 27 heavy (non-hydrogen) atoms. The lowest BCUT2D eigenvalue weighted by Gasteiger charge is -2.40. The largest absolute Gasteiger partial charge is 0.385 e. The first-order valence-electron chi connectivity index (χ1n) is 9.30. The van der Waals surface area contributed by atoms with E-state index < -0.39 is 9.84 Å². The Morgan fingerprint density at radius 2 is 1.93 bits per heavy atom. The molecule has 154 valence electrons. The highest BCUT2D eigenvalue weighted by Gasteiger charge is 2.36. The van der Waals surface area contributed by atoms with Crippen molar-refractivity contribution in [3.05, 3.63) is 30.3 Å². The van der Waals surface area contributed by atoms with Crippen molar-refractivity contribution in [2.24, 2.45) is 10.4 Å². The fraction of sp³-hybridized carbons (Fsp3) is 0.632. The molecule has 2 N–H and O–H groups in total. The summed E-state index contributed by atoms with van der Waals surface area (Å²) in [6.07, 6.45) is 4.64. The Bertz CT molecular complexity index is 677. The van der Waals surface area contributed by atoms with Crippen LogP contribution in [0.25, 0.3) is 0 Å². The third kappa shape index (κ3) is 7.57. The highest BCUT2D eigenvalue weighted by atomic mass is 127. The van der Waals surface area contributed by atoms with Gasteiger partial charge in [-0.05, 0) is 43.7 Å². The van der Waals surface area contributed by atoms with Crippen molar-refractivity contribution >= 4 is 39.8 Å². The maximum atomic E-state index is 12.3. The topological polar surface area (TPSA) is 79.8 Å². The Labute approximate surface area is 180 Å². The van der Waals surface area contributed by atoms with Crippen LogP contribution in [0.1, 0.15) is 32.6 Å². The van der Waals surface area contributed by atoms with Gasteiger partial charge in [-0.3, -0.25) is 4.99 Å². The van der Waals surface area contributed by atoms with Gasteiger partial charge in [-0.15, -0.1) is 24.0 Å². The Balaban J connectivity index is 0.00000364. The zero-order chi connectivity index (χ0) is 18.9. The Hall–Kier alpha value is -0.870. The van der Waals surface area contributed by atoms with E-state index in [9.17, 15) is 8.42 Å². The van der Waals surface area contributed by atoms with Crippen LogP contribution in [0.2, 0.25) is 0 Å². The van der Waals surface area contributed by atoms with Gasteiger partial charge >= 0.3 is 0 Å². The predicted molar refractivity (Wildman–Crippen MR) is 121 cm³/mol. The smallest absolute Gasteiger partial charge is 0.191 e. The monoisotopic (exact) mass is 509 g/mol. The third-order valence-corrected chi connectivity index (χ3v) is 6.67. The number of sulfone groups is 1.